The molecule has 1 heterocycles. The van der Waals surface area contributed by atoms with E-state index in [1.807, 2.05) is 33.8 Å². The number of carbonyl (C=O) groups is 4. The van der Waals surface area contributed by atoms with Crippen molar-refractivity contribution in [2.45, 2.75) is 98.1 Å². The second-order valence-electron chi connectivity index (χ2n) is 13.1. The molecule has 48 heavy (non-hydrogen) atoms. The van der Waals surface area contributed by atoms with Crippen molar-refractivity contribution in [1.29, 1.82) is 0 Å². The number of ether oxygens (including phenoxy) is 5. The number of rotatable bonds is 11. The first-order chi connectivity index (χ1) is 22.7. The number of aromatic hydroxyl groups is 1. The number of aliphatic hydroxyl groups excluding tert-OH is 1. The van der Waals surface area contributed by atoms with Crippen LogP contribution in [-0.4, -0.2) is 65.0 Å². The molecule has 0 bridgehead atoms. The fraction of sp³-hybridized carbons (Fsp3) is 0.514. The Labute approximate surface area is 281 Å². The minimum Gasteiger partial charge on any atom is -0.508 e. The average Bonchev–Trinajstić information content (AvgIpc) is 3.32. The van der Waals surface area contributed by atoms with Crippen molar-refractivity contribution in [2.75, 3.05) is 0 Å². The number of phenols is 1. The molecule has 1 aromatic carbocycles. The fourth-order valence-electron chi connectivity index (χ4n) is 7.41. The van der Waals surface area contributed by atoms with Gasteiger partial charge >= 0.3 is 23.9 Å². The lowest BCUT2D eigenvalue weighted by atomic mass is 9.44. The van der Waals surface area contributed by atoms with Crippen LogP contribution in [0.5, 0.6) is 5.75 Å². The van der Waals surface area contributed by atoms with Gasteiger partial charge in [-0.05, 0) is 67.4 Å². The Morgan fingerprint density at radius 1 is 1.04 bits per heavy atom. The first-order valence-electron chi connectivity index (χ1n) is 16.2. The second-order valence-corrected chi connectivity index (χ2v) is 13.1. The molecule has 9 atom stereocenters. The van der Waals surface area contributed by atoms with E-state index in [-0.39, 0.29) is 24.2 Å². The predicted octanol–water partition coefficient (Wildman–Crippen LogP) is 5.31. The van der Waals surface area contributed by atoms with E-state index in [1.54, 1.807) is 24.3 Å². The van der Waals surface area contributed by atoms with E-state index in [0.717, 1.165) is 5.57 Å². The molecule has 0 radical (unpaired) electrons. The van der Waals surface area contributed by atoms with Gasteiger partial charge in [0.05, 0.1) is 5.41 Å². The lowest BCUT2D eigenvalue weighted by molar-refractivity contribution is -0.275. The second kappa shape index (κ2) is 14.9. The van der Waals surface area contributed by atoms with Gasteiger partial charge in [-0.1, -0.05) is 57.2 Å². The third kappa shape index (κ3) is 7.27. The van der Waals surface area contributed by atoms with E-state index in [4.69, 9.17) is 23.7 Å². The van der Waals surface area contributed by atoms with E-state index in [0.29, 0.717) is 18.4 Å². The summed E-state index contributed by atoms with van der Waals surface area (Å²) in [6, 6.07) is 6.23. The van der Waals surface area contributed by atoms with Crippen LogP contribution < -0.4 is 0 Å². The minimum absolute atomic E-state index is 0.0783. The molecule has 0 amide bonds. The molecular formula is C37H46O11. The van der Waals surface area contributed by atoms with Gasteiger partial charge in [0.25, 0.3) is 0 Å². The molecule has 4 rings (SSSR count). The lowest BCUT2D eigenvalue weighted by Gasteiger charge is -2.62. The highest BCUT2D eigenvalue weighted by Gasteiger charge is 2.74. The molecule has 3 aliphatic rings. The smallest absolute Gasteiger partial charge is 0.331 e. The van der Waals surface area contributed by atoms with Crippen LogP contribution in [0.25, 0.3) is 6.08 Å². The molecule has 11 nitrogen and oxygen atoms in total. The van der Waals surface area contributed by atoms with Crippen LogP contribution in [0.3, 0.4) is 0 Å². The Hall–Kier alpha value is -4.22. The molecule has 2 unspecified atom stereocenters. The summed E-state index contributed by atoms with van der Waals surface area (Å²) in [5, 5.41) is 22.1. The zero-order chi connectivity index (χ0) is 35.4. The first-order valence-corrected chi connectivity index (χ1v) is 16.2. The van der Waals surface area contributed by atoms with Crippen LogP contribution in [0.2, 0.25) is 0 Å². The number of esters is 4. The summed E-state index contributed by atoms with van der Waals surface area (Å²) in [6.45, 7) is 13.9. The topological polar surface area (TPSA) is 155 Å². The molecule has 2 aliphatic carbocycles. The molecule has 1 spiro atoms. The summed E-state index contributed by atoms with van der Waals surface area (Å²) >= 11 is 0. The van der Waals surface area contributed by atoms with Crippen LogP contribution in [-0.2, 0) is 42.9 Å². The summed E-state index contributed by atoms with van der Waals surface area (Å²) in [4.78, 5) is 50.9. The van der Waals surface area contributed by atoms with E-state index in [9.17, 15) is 29.4 Å². The SMILES string of the molecule is C=C/C(C)=C/C[C@]1(C)[C@H](C)[C@@H](OC(=O)/C=C/c2ccc(O)cc2)C(O)C23C(=C[C@H](OC(=O)CCC)C[C@H]21)[C@H](OC(C)=O)O[C@H]3OC(C)=O. The van der Waals surface area contributed by atoms with Crippen molar-refractivity contribution in [3.05, 3.63) is 71.9 Å². The van der Waals surface area contributed by atoms with E-state index in [2.05, 4.69) is 6.58 Å². The minimum atomic E-state index is -1.57. The third-order valence-electron chi connectivity index (χ3n) is 9.96. The number of hydrogen-bond acceptors (Lipinski definition) is 11. The highest BCUT2D eigenvalue weighted by Crippen LogP contribution is 2.67. The summed E-state index contributed by atoms with van der Waals surface area (Å²) in [5.41, 5.74) is -0.576. The van der Waals surface area contributed by atoms with Gasteiger partial charge in [-0.2, -0.15) is 0 Å². The molecule has 1 saturated carbocycles. The Balaban J connectivity index is 1.89. The number of hydrogen-bond donors (Lipinski definition) is 2. The number of allylic oxidation sites excluding steroid dienone is 3. The van der Waals surface area contributed by atoms with E-state index < -0.39 is 77.4 Å². The standard InChI is InChI=1S/C37H46O11/c1-8-10-30(41)46-27-19-28-34(44-23(5)38)48-35(45-24(6)39)37(28)29(20-27)36(7,18-17-21(3)9-2)22(4)32(33(37)43)47-31(42)16-13-25-11-14-26(40)15-12-25/h9,11-17,19,22,27,29,32-35,40,43H,2,8,10,18,20H2,1,3-7H3/b16-13+,21-17+/t22-,27+,29+,32-,33?,34-,35-,36-,37?/m1/s1. The lowest BCUT2D eigenvalue weighted by Crippen LogP contribution is -2.68. The van der Waals surface area contributed by atoms with Crippen molar-refractivity contribution in [3.63, 3.8) is 0 Å². The molecule has 11 heteroatoms. The molecule has 1 aliphatic heterocycles. The zero-order valence-electron chi connectivity index (χ0n) is 28.3. The number of carbonyl (C=O) groups excluding carboxylic acids is 4. The van der Waals surface area contributed by atoms with Gasteiger partial charge < -0.3 is 29.2 Å². The van der Waals surface area contributed by atoms with Crippen LogP contribution in [0, 0.1) is 22.7 Å². The van der Waals surface area contributed by atoms with Crippen LogP contribution in [0.1, 0.15) is 72.8 Å². The summed E-state index contributed by atoms with van der Waals surface area (Å²) < 4.78 is 29.4. The van der Waals surface area contributed by atoms with Crippen LogP contribution >= 0.6 is 0 Å². The number of benzene rings is 1. The van der Waals surface area contributed by atoms with Crippen LogP contribution in [0.4, 0.5) is 0 Å². The average molecular weight is 667 g/mol. The van der Waals surface area contributed by atoms with Gasteiger partial charge in [0.15, 0.2) is 0 Å². The predicted molar refractivity (Wildman–Crippen MR) is 174 cm³/mol. The molecule has 0 aromatic heterocycles. The van der Waals surface area contributed by atoms with Crippen molar-refractivity contribution < 1.29 is 53.1 Å². The molecular weight excluding hydrogens is 620 g/mol. The maximum Gasteiger partial charge on any atom is 0.331 e. The van der Waals surface area contributed by atoms with Gasteiger partial charge in [-0.25, -0.2) is 4.79 Å². The Bertz CT molecular complexity index is 1490. The first kappa shape index (κ1) is 36.6. The van der Waals surface area contributed by atoms with Gasteiger partial charge in [-0.15, -0.1) is 0 Å². The van der Waals surface area contributed by atoms with E-state index >= 15 is 0 Å². The maximum absolute atomic E-state index is 13.4. The summed E-state index contributed by atoms with van der Waals surface area (Å²) in [5.74, 6) is -3.55. The van der Waals surface area contributed by atoms with Gasteiger partial charge in [-0.3, -0.25) is 19.1 Å². The zero-order valence-corrected chi connectivity index (χ0v) is 28.3. The summed E-state index contributed by atoms with van der Waals surface area (Å²) in [7, 11) is 0. The Kier molecular flexibility index (Phi) is 11.4. The fourth-order valence-corrected chi connectivity index (χ4v) is 7.41. The monoisotopic (exact) mass is 666 g/mol. The Morgan fingerprint density at radius 2 is 1.71 bits per heavy atom. The normalized spacial score (nSPS) is 32.8. The number of aliphatic hydroxyl groups is 1. The number of phenolic OH excluding ortho intramolecular Hbond substituents is 1. The molecule has 1 saturated heterocycles. The van der Waals surface area contributed by atoms with Crippen LogP contribution in [0.15, 0.2) is 66.3 Å². The quantitative estimate of drug-likeness (QED) is 0.104. The molecule has 2 fully saturated rings. The highest BCUT2D eigenvalue weighted by molar-refractivity contribution is 5.87. The van der Waals surface area contributed by atoms with Crippen molar-refractivity contribution in [1.82, 2.24) is 0 Å². The molecule has 2 N–H and O–H groups in total. The molecule has 1 aromatic rings. The largest absolute Gasteiger partial charge is 0.508 e. The highest BCUT2D eigenvalue weighted by atomic mass is 16.8. The van der Waals surface area contributed by atoms with E-state index in [1.165, 1.54) is 38.1 Å². The van der Waals surface area contributed by atoms with Crippen molar-refractivity contribution in [2.24, 2.45) is 22.7 Å². The van der Waals surface area contributed by atoms with Gasteiger partial charge in [0, 0.05) is 37.8 Å². The van der Waals surface area contributed by atoms with Gasteiger partial charge in [0.1, 0.15) is 24.1 Å². The molecule has 260 valence electrons. The maximum atomic E-state index is 13.4. The van der Waals surface area contributed by atoms with Crippen molar-refractivity contribution >= 4 is 30.0 Å². The third-order valence-corrected chi connectivity index (χ3v) is 9.96. The van der Waals surface area contributed by atoms with Gasteiger partial charge in [0.2, 0.25) is 12.6 Å². The summed E-state index contributed by atoms with van der Waals surface area (Å²) in [6.07, 6.45) is 3.21. The Morgan fingerprint density at radius 3 is 2.31 bits per heavy atom. The van der Waals surface area contributed by atoms with Crippen molar-refractivity contribution in [3.8, 4) is 5.75 Å².